The molecule has 1 aromatic rings. The fourth-order valence-electron chi connectivity index (χ4n) is 1.79. The first-order chi connectivity index (χ1) is 7.83. The van der Waals surface area contributed by atoms with Crippen molar-refractivity contribution in [1.82, 2.24) is 20.2 Å². The molecule has 0 radical (unpaired) electrons. The number of hydrogen-bond acceptors (Lipinski definition) is 3. The van der Waals surface area contributed by atoms with Gasteiger partial charge in [0.1, 0.15) is 0 Å². The lowest BCUT2D eigenvalue weighted by atomic mass is 10.1. The highest BCUT2D eigenvalue weighted by Gasteiger charge is 2.15. The standard InChI is InChI=1S/C13H24N4/c1-7-11(12-8-14-9-17(12)6)15-10(2)16-13(3,4)5/h8-9,11,15-16H,2,7H2,1,3-6H3. The van der Waals surface area contributed by atoms with Gasteiger partial charge < -0.3 is 15.2 Å². The van der Waals surface area contributed by atoms with Gasteiger partial charge in [0.2, 0.25) is 0 Å². The average Bonchev–Trinajstić information content (AvgIpc) is 2.58. The van der Waals surface area contributed by atoms with Crippen LogP contribution in [-0.4, -0.2) is 15.1 Å². The summed E-state index contributed by atoms with van der Waals surface area (Å²) in [5.41, 5.74) is 1.19. The molecule has 4 heteroatoms. The van der Waals surface area contributed by atoms with Crippen LogP contribution < -0.4 is 10.6 Å². The minimum atomic E-state index is 0.0227. The van der Waals surface area contributed by atoms with Crippen molar-refractivity contribution in [3.63, 3.8) is 0 Å². The highest BCUT2D eigenvalue weighted by Crippen LogP contribution is 2.16. The molecular weight excluding hydrogens is 212 g/mol. The Labute approximate surface area is 104 Å². The van der Waals surface area contributed by atoms with Crippen LogP contribution in [-0.2, 0) is 7.05 Å². The van der Waals surface area contributed by atoms with E-state index in [2.05, 4.69) is 49.9 Å². The molecule has 96 valence electrons. The topological polar surface area (TPSA) is 41.9 Å². The number of aromatic nitrogens is 2. The van der Waals surface area contributed by atoms with Crippen molar-refractivity contribution >= 4 is 0 Å². The zero-order chi connectivity index (χ0) is 13.1. The molecular formula is C13H24N4. The van der Waals surface area contributed by atoms with Crippen molar-refractivity contribution in [1.29, 1.82) is 0 Å². The van der Waals surface area contributed by atoms with Gasteiger partial charge >= 0.3 is 0 Å². The van der Waals surface area contributed by atoms with Gasteiger partial charge in [0, 0.05) is 12.6 Å². The molecule has 1 heterocycles. The monoisotopic (exact) mass is 236 g/mol. The molecule has 0 spiro atoms. The Morgan fingerprint density at radius 3 is 2.59 bits per heavy atom. The summed E-state index contributed by atoms with van der Waals surface area (Å²) in [4.78, 5) is 4.15. The van der Waals surface area contributed by atoms with Gasteiger partial charge in [0.25, 0.3) is 0 Å². The van der Waals surface area contributed by atoms with Crippen molar-refractivity contribution in [2.75, 3.05) is 0 Å². The normalized spacial score (nSPS) is 13.2. The maximum atomic E-state index is 4.15. The molecule has 0 aliphatic heterocycles. The lowest BCUT2D eigenvalue weighted by Crippen LogP contribution is -2.40. The fourth-order valence-corrected chi connectivity index (χ4v) is 1.79. The largest absolute Gasteiger partial charge is 0.368 e. The zero-order valence-corrected chi connectivity index (χ0v) is 11.5. The first kappa shape index (κ1) is 13.6. The molecule has 0 amide bonds. The number of hydrogen-bond donors (Lipinski definition) is 2. The lowest BCUT2D eigenvalue weighted by molar-refractivity contribution is 0.427. The molecule has 1 aromatic heterocycles. The first-order valence-electron chi connectivity index (χ1n) is 6.03. The summed E-state index contributed by atoms with van der Waals surface area (Å²) in [5, 5.41) is 6.73. The molecule has 0 saturated carbocycles. The Morgan fingerprint density at radius 2 is 2.18 bits per heavy atom. The fraction of sp³-hybridized carbons (Fsp3) is 0.615. The number of nitrogens with zero attached hydrogens (tertiary/aromatic N) is 2. The van der Waals surface area contributed by atoms with E-state index in [1.807, 2.05) is 24.1 Å². The van der Waals surface area contributed by atoms with E-state index in [0.29, 0.717) is 0 Å². The third-order valence-corrected chi connectivity index (χ3v) is 2.49. The van der Waals surface area contributed by atoms with Crippen LogP contribution in [0.15, 0.2) is 24.9 Å². The Kier molecular flexibility index (Phi) is 4.21. The quantitative estimate of drug-likeness (QED) is 0.824. The molecule has 1 atom stereocenters. The van der Waals surface area contributed by atoms with E-state index in [0.717, 1.165) is 12.2 Å². The summed E-state index contributed by atoms with van der Waals surface area (Å²) in [6, 6.07) is 0.241. The summed E-state index contributed by atoms with van der Waals surface area (Å²) >= 11 is 0. The Morgan fingerprint density at radius 1 is 1.53 bits per heavy atom. The lowest BCUT2D eigenvalue weighted by Gasteiger charge is -2.27. The molecule has 0 fully saturated rings. The zero-order valence-electron chi connectivity index (χ0n) is 11.5. The van der Waals surface area contributed by atoms with E-state index >= 15 is 0 Å². The molecule has 0 saturated heterocycles. The highest BCUT2D eigenvalue weighted by atomic mass is 15.2. The molecule has 0 bridgehead atoms. The minimum absolute atomic E-state index is 0.0227. The first-order valence-corrected chi connectivity index (χ1v) is 6.03. The van der Waals surface area contributed by atoms with Gasteiger partial charge in [-0.25, -0.2) is 4.98 Å². The van der Waals surface area contributed by atoms with Crippen molar-refractivity contribution in [2.24, 2.45) is 7.05 Å². The van der Waals surface area contributed by atoms with E-state index in [1.165, 1.54) is 5.69 Å². The summed E-state index contributed by atoms with van der Waals surface area (Å²) in [7, 11) is 2.01. The smallest absolute Gasteiger partial charge is 0.0946 e. The van der Waals surface area contributed by atoms with Gasteiger partial charge in [0.05, 0.1) is 30.1 Å². The molecule has 17 heavy (non-hydrogen) atoms. The second-order valence-corrected chi connectivity index (χ2v) is 5.39. The summed E-state index contributed by atoms with van der Waals surface area (Å²) in [6.45, 7) is 12.5. The van der Waals surface area contributed by atoms with Gasteiger partial charge in [-0.2, -0.15) is 0 Å². The van der Waals surface area contributed by atoms with Crippen LogP contribution in [0.5, 0.6) is 0 Å². The van der Waals surface area contributed by atoms with Crippen LogP contribution in [0, 0.1) is 0 Å². The van der Waals surface area contributed by atoms with Gasteiger partial charge in [0.15, 0.2) is 0 Å². The summed E-state index contributed by atoms with van der Waals surface area (Å²) in [6.07, 6.45) is 4.70. The molecule has 0 aliphatic rings. The van der Waals surface area contributed by atoms with Gasteiger partial charge in [-0.05, 0) is 27.2 Å². The van der Waals surface area contributed by atoms with Crippen LogP contribution in [0.3, 0.4) is 0 Å². The predicted molar refractivity (Wildman–Crippen MR) is 71.4 cm³/mol. The van der Waals surface area contributed by atoms with Crippen LogP contribution >= 0.6 is 0 Å². The molecule has 1 rings (SSSR count). The summed E-state index contributed by atoms with van der Waals surface area (Å²) in [5.74, 6) is 0.852. The molecule has 2 N–H and O–H groups in total. The summed E-state index contributed by atoms with van der Waals surface area (Å²) < 4.78 is 2.03. The van der Waals surface area contributed by atoms with E-state index in [4.69, 9.17) is 0 Å². The highest BCUT2D eigenvalue weighted by molar-refractivity contribution is 5.08. The third kappa shape index (κ3) is 4.13. The number of rotatable bonds is 5. The minimum Gasteiger partial charge on any atom is -0.368 e. The van der Waals surface area contributed by atoms with Crippen molar-refractivity contribution in [2.45, 2.75) is 45.7 Å². The van der Waals surface area contributed by atoms with Crippen molar-refractivity contribution in [3.8, 4) is 0 Å². The van der Waals surface area contributed by atoms with Crippen molar-refractivity contribution < 1.29 is 0 Å². The maximum Gasteiger partial charge on any atom is 0.0946 e. The van der Waals surface area contributed by atoms with Gasteiger partial charge in [-0.3, -0.25) is 0 Å². The maximum absolute atomic E-state index is 4.15. The second-order valence-electron chi connectivity index (χ2n) is 5.39. The average molecular weight is 236 g/mol. The van der Waals surface area contributed by atoms with Crippen LogP contribution in [0.4, 0.5) is 0 Å². The van der Waals surface area contributed by atoms with E-state index in [-0.39, 0.29) is 11.6 Å². The van der Waals surface area contributed by atoms with Crippen LogP contribution in [0.1, 0.15) is 45.9 Å². The number of nitrogens with one attached hydrogen (secondary N) is 2. The molecule has 1 unspecified atom stereocenters. The SMILES string of the molecule is C=C(NC(CC)c1cncn1C)NC(C)(C)C. The second kappa shape index (κ2) is 5.25. The van der Waals surface area contributed by atoms with E-state index < -0.39 is 0 Å². The number of aryl methyl sites for hydroxylation is 1. The molecule has 4 nitrogen and oxygen atoms in total. The van der Waals surface area contributed by atoms with Crippen molar-refractivity contribution in [3.05, 3.63) is 30.6 Å². The van der Waals surface area contributed by atoms with Crippen LogP contribution in [0.2, 0.25) is 0 Å². The van der Waals surface area contributed by atoms with E-state index in [9.17, 15) is 0 Å². The molecule has 0 aliphatic carbocycles. The number of imidazole rings is 1. The Balaban J connectivity index is 2.66. The predicted octanol–water partition coefficient (Wildman–Crippen LogP) is 2.32. The Bertz CT molecular complexity index is 373. The van der Waals surface area contributed by atoms with E-state index in [1.54, 1.807) is 0 Å². The molecule has 0 aromatic carbocycles. The van der Waals surface area contributed by atoms with Crippen LogP contribution in [0.25, 0.3) is 0 Å². The Hall–Kier alpha value is -1.45. The van der Waals surface area contributed by atoms with Gasteiger partial charge in [-0.1, -0.05) is 13.5 Å². The van der Waals surface area contributed by atoms with Gasteiger partial charge in [-0.15, -0.1) is 0 Å². The third-order valence-electron chi connectivity index (χ3n) is 2.49.